The van der Waals surface area contributed by atoms with Gasteiger partial charge in [-0.1, -0.05) is 19.9 Å². The molecule has 2 aromatic rings. The fourth-order valence-electron chi connectivity index (χ4n) is 4.97. The molecule has 0 bridgehead atoms. The lowest BCUT2D eigenvalue weighted by Gasteiger charge is -2.25. The number of nitriles is 1. The van der Waals surface area contributed by atoms with Gasteiger partial charge in [-0.3, -0.25) is 14.4 Å². The third-order valence-corrected chi connectivity index (χ3v) is 7.07. The Balaban J connectivity index is 1.54. The Morgan fingerprint density at radius 1 is 1.35 bits per heavy atom. The van der Waals surface area contributed by atoms with Crippen molar-refractivity contribution in [2.24, 2.45) is 17.8 Å². The number of carbonyl (C=O) groups excluding carboxylic acids is 3. The molecule has 2 saturated heterocycles. The maximum atomic E-state index is 13.5. The third kappa shape index (κ3) is 4.58. The lowest BCUT2D eigenvalue weighted by Crippen LogP contribution is -2.49. The molecule has 1 aromatic heterocycles. The summed E-state index contributed by atoms with van der Waals surface area (Å²) in [6.07, 6.45) is 1.45. The molecule has 0 radical (unpaired) electrons. The molecule has 3 heterocycles. The third-order valence-electron chi connectivity index (χ3n) is 7.07. The average molecular weight is 466 g/mol. The number of ether oxygens (including phenoxy) is 1. The van der Waals surface area contributed by atoms with Crippen molar-refractivity contribution in [3.63, 3.8) is 0 Å². The maximum absolute atomic E-state index is 13.5. The van der Waals surface area contributed by atoms with E-state index in [1.54, 1.807) is 18.1 Å². The minimum absolute atomic E-state index is 0.0821. The molecule has 3 amide bonds. The van der Waals surface area contributed by atoms with Crippen molar-refractivity contribution in [3.8, 4) is 11.8 Å². The van der Waals surface area contributed by atoms with Crippen molar-refractivity contribution >= 4 is 28.6 Å². The number of likely N-dealkylation sites (tertiary alicyclic amines) is 1. The summed E-state index contributed by atoms with van der Waals surface area (Å²) >= 11 is 0. The van der Waals surface area contributed by atoms with Crippen LogP contribution in [-0.4, -0.2) is 59.9 Å². The van der Waals surface area contributed by atoms with Crippen molar-refractivity contribution in [2.45, 2.75) is 45.2 Å². The summed E-state index contributed by atoms with van der Waals surface area (Å²) in [7, 11) is 1.58. The van der Waals surface area contributed by atoms with Crippen LogP contribution in [0.1, 0.15) is 43.6 Å². The number of carbonyl (C=O) groups is 3. The van der Waals surface area contributed by atoms with Gasteiger partial charge in [0, 0.05) is 29.9 Å². The topological polar surface area (TPSA) is 127 Å². The SMILES string of the molecule is COc1cccc2[nH]c(C(=O)N3C[C@H](C(C)C)C[C@H]3C(=O)N[C@H](C#N)C[C@@H]3CCNC3=O)cc12. The first-order valence-corrected chi connectivity index (χ1v) is 11.8. The number of hydrogen-bond acceptors (Lipinski definition) is 5. The minimum atomic E-state index is -0.784. The summed E-state index contributed by atoms with van der Waals surface area (Å²) in [5, 5.41) is 15.9. The highest BCUT2D eigenvalue weighted by Gasteiger charge is 2.42. The van der Waals surface area contributed by atoms with Gasteiger partial charge < -0.3 is 25.3 Å². The van der Waals surface area contributed by atoms with E-state index in [9.17, 15) is 19.6 Å². The van der Waals surface area contributed by atoms with Gasteiger partial charge in [-0.15, -0.1) is 0 Å². The van der Waals surface area contributed by atoms with Crippen molar-refractivity contribution < 1.29 is 19.1 Å². The molecule has 4 atom stereocenters. The number of amides is 3. The molecule has 9 nitrogen and oxygen atoms in total. The van der Waals surface area contributed by atoms with Crippen LogP contribution in [-0.2, 0) is 9.59 Å². The number of H-pyrrole nitrogens is 1. The molecule has 0 saturated carbocycles. The monoisotopic (exact) mass is 465 g/mol. The molecule has 180 valence electrons. The van der Waals surface area contributed by atoms with Crippen LogP contribution in [0.25, 0.3) is 10.9 Å². The molecule has 1 aromatic carbocycles. The first-order chi connectivity index (χ1) is 16.3. The zero-order chi connectivity index (χ0) is 24.4. The zero-order valence-electron chi connectivity index (χ0n) is 19.8. The molecule has 9 heteroatoms. The minimum Gasteiger partial charge on any atom is -0.496 e. The molecular weight excluding hydrogens is 434 g/mol. The van der Waals surface area contributed by atoms with E-state index < -0.39 is 12.1 Å². The summed E-state index contributed by atoms with van der Waals surface area (Å²) in [5.74, 6) is 0.152. The predicted octanol–water partition coefficient (Wildman–Crippen LogP) is 2.20. The standard InChI is InChI=1S/C25H31N5O4/c1-14(2)16-10-21(24(32)28-17(12-26)9-15-7-8-27-23(15)31)30(13-16)25(33)20-11-18-19(29-20)5-4-6-22(18)34-3/h4-6,11,14-17,21,29H,7-10,13H2,1-3H3,(H,27,31)(H,28,32)/t15-,16+,17-,21-/m0/s1. The molecule has 3 N–H and O–H groups in total. The number of aromatic amines is 1. The van der Waals surface area contributed by atoms with Gasteiger partial charge in [-0.05, 0) is 49.3 Å². The number of nitrogens with one attached hydrogen (secondary N) is 3. The number of hydrogen-bond donors (Lipinski definition) is 3. The average Bonchev–Trinajstić information content (AvgIpc) is 3.56. The van der Waals surface area contributed by atoms with E-state index in [-0.39, 0.29) is 36.0 Å². The molecule has 4 rings (SSSR count). The Kier molecular flexibility index (Phi) is 6.77. The molecule has 2 aliphatic heterocycles. The smallest absolute Gasteiger partial charge is 0.270 e. The Hall–Kier alpha value is -3.54. The highest BCUT2D eigenvalue weighted by atomic mass is 16.5. The number of fused-ring (bicyclic) bond motifs is 1. The fourth-order valence-corrected chi connectivity index (χ4v) is 4.97. The first-order valence-electron chi connectivity index (χ1n) is 11.8. The Bertz CT molecular complexity index is 1130. The van der Waals surface area contributed by atoms with E-state index in [0.717, 1.165) is 10.9 Å². The second-order valence-electron chi connectivity index (χ2n) is 9.52. The van der Waals surface area contributed by atoms with Crippen LogP contribution in [0.3, 0.4) is 0 Å². The highest BCUT2D eigenvalue weighted by Crippen LogP contribution is 2.32. The second-order valence-corrected chi connectivity index (χ2v) is 9.52. The normalized spacial score (nSPS) is 23.1. The molecule has 0 spiro atoms. The predicted molar refractivity (Wildman–Crippen MR) is 126 cm³/mol. The number of rotatable bonds is 7. The maximum Gasteiger partial charge on any atom is 0.270 e. The number of nitrogens with zero attached hydrogens (tertiary/aromatic N) is 2. The van der Waals surface area contributed by atoms with Crippen LogP contribution in [0.5, 0.6) is 5.75 Å². The van der Waals surface area contributed by atoms with Gasteiger partial charge in [0.1, 0.15) is 23.5 Å². The van der Waals surface area contributed by atoms with Gasteiger partial charge in [0.2, 0.25) is 11.8 Å². The number of benzene rings is 1. The van der Waals surface area contributed by atoms with Crippen molar-refractivity contribution in [1.29, 1.82) is 5.26 Å². The largest absolute Gasteiger partial charge is 0.496 e. The first kappa shape index (κ1) is 23.6. The van der Waals surface area contributed by atoms with E-state index in [1.807, 2.05) is 18.2 Å². The summed E-state index contributed by atoms with van der Waals surface area (Å²) in [6.45, 7) is 5.21. The van der Waals surface area contributed by atoms with Crippen LogP contribution in [0.2, 0.25) is 0 Å². The molecule has 2 aliphatic rings. The van der Waals surface area contributed by atoms with Gasteiger partial charge in [0.25, 0.3) is 5.91 Å². The van der Waals surface area contributed by atoms with E-state index in [0.29, 0.717) is 43.3 Å². The van der Waals surface area contributed by atoms with E-state index in [1.165, 1.54) is 0 Å². The van der Waals surface area contributed by atoms with Gasteiger partial charge >= 0.3 is 0 Å². The van der Waals surface area contributed by atoms with E-state index in [2.05, 4.69) is 35.5 Å². The van der Waals surface area contributed by atoms with Crippen LogP contribution in [0, 0.1) is 29.1 Å². The Labute approximate surface area is 198 Å². The summed E-state index contributed by atoms with van der Waals surface area (Å²) < 4.78 is 5.40. The number of aromatic nitrogens is 1. The van der Waals surface area contributed by atoms with Crippen LogP contribution >= 0.6 is 0 Å². The molecular formula is C25H31N5O4. The van der Waals surface area contributed by atoms with Gasteiger partial charge in [0.15, 0.2) is 0 Å². The van der Waals surface area contributed by atoms with Crippen molar-refractivity contribution in [2.75, 3.05) is 20.2 Å². The molecule has 34 heavy (non-hydrogen) atoms. The quantitative estimate of drug-likeness (QED) is 0.578. The van der Waals surface area contributed by atoms with Crippen molar-refractivity contribution in [3.05, 3.63) is 30.0 Å². The lowest BCUT2D eigenvalue weighted by molar-refractivity contribution is -0.126. The summed E-state index contributed by atoms with van der Waals surface area (Å²) in [5.41, 5.74) is 1.17. The van der Waals surface area contributed by atoms with Gasteiger partial charge in [0.05, 0.1) is 13.2 Å². The molecule has 0 unspecified atom stereocenters. The van der Waals surface area contributed by atoms with E-state index >= 15 is 0 Å². The molecule has 2 fully saturated rings. The number of methoxy groups -OCH3 is 1. The van der Waals surface area contributed by atoms with Crippen LogP contribution in [0.15, 0.2) is 24.3 Å². The Morgan fingerprint density at radius 2 is 2.15 bits per heavy atom. The van der Waals surface area contributed by atoms with Crippen LogP contribution in [0.4, 0.5) is 0 Å². The highest BCUT2D eigenvalue weighted by molar-refractivity contribution is 6.01. The second kappa shape index (κ2) is 9.75. The fraction of sp³-hybridized carbons (Fsp3) is 0.520. The van der Waals surface area contributed by atoms with Crippen LogP contribution < -0.4 is 15.4 Å². The summed E-state index contributed by atoms with van der Waals surface area (Å²) in [4.78, 5) is 43.5. The Morgan fingerprint density at radius 3 is 2.79 bits per heavy atom. The molecule has 0 aliphatic carbocycles. The van der Waals surface area contributed by atoms with Crippen molar-refractivity contribution in [1.82, 2.24) is 20.5 Å². The summed E-state index contributed by atoms with van der Waals surface area (Å²) in [6, 6.07) is 7.95. The van der Waals surface area contributed by atoms with E-state index in [4.69, 9.17) is 4.74 Å². The zero-order valence-corrected chi connectivity index (χ0v) is 19.8. The van der Waals surface area contributed by atoms with Gasteiger partial charge in [-0.2, -0.15) is 5.26 Å². The lowest BCUT2D eigenvalue weighted by atomic mass is 9.93. The van der Waals surface area contributed by atoms with Gasteiger partial charge in [-0.25, -0.2) is 0 Å².